The lowest BCUT2D eigenvalue weighted by molar-refractivity contribution is 0.0521. The first-order chi connectivity index (χ1) is 12.1. The maximum absolute atomic E-state index is 12.0. The van der Waals surface area contributed by atoms with Gasteiger partial charge in [-0.05, 0) is 60.5 Å². The van der Waals surface area contributed by atoms with Crippen molar-refractivity contribution in [3.63, 3.8) is 0 Å². The third-order valence-electron chi connectivity index (χ3n) is 3.40. The van der Waals surface area contributed by atoms with Crippen LogP contribution in [-0.4, -0.2) is 33.1 Å². The molecule has 1 heterocycles. The number of carbonyl (C=O) groups excluding carboxylic acids is 1. The van der Waals surface area contributed by atoms with Gasteiger partial charge in [0.2, 0.25) is 0 Å². The minimum Gasteiger partial charge on any atom is -0.444 e. The lowest BCUT2D eigenvalue weighted by atomic mass is 10.1. The van der Waals surface area contributed by atoms with Crippen LogP contribution in [0.3, 0.4) is 0 Å². The molecule has 2 N–H and O–H groups in total. The minimum absolute atomic E-state index is 0.164. The molecule has 0 spiro atoms. The molecule has 0 saturated heterocycles. The Bertz CT molecular complexity index is 790. The summed E-state index contributed by atoms with van der Waals surface area (Å²) in [6, 6.07) is 6.34. The number of carbonyl (C=O) groups is 1. The van der Waals surface area contributed by atoms with Crippen LogP contribution in [0.4, 0.5) is 4.79 Å². The summed E-state index contributed by atoms with van der Waals surface area (Å²) in [6.45, 7) is 5.31. The fourth-order valence-corrected chi connectivity index (χ4v) is 3.35. The quantitative estimate of drug-likeness (QED) is 0.679. The van der Waals surface area contributed by atoms with Gasteiger partial charge in [0.05, 0.1) is 18.3 Å². The van der Waals surface area contributed by atoms with E-state index in [1.807, 2.05) is 0 Å². The summed E-state index contributed by atoms with van der Waals surface area (Å²) >= 11 is 15.6. The number of aliphatic hydroxyl groups excluding tert-OH is 1. The number of aliphatic hydroxyl groups is 1. The average Bonchev–Trinajstić information content (AvgIpc) is 2.88. The van der Waals surface area contributed by atoms with Crippen LogP contribution in [0, 0.1) is 0 Å². The fourth-order valence-electron chi connectivity index (χ4n) is 2.38. The molecule has 1 unspecified atom stereocenters. The lowest BCUT2D eigenvalue weighted by Crippen LogP contribution is -2.36. The molecule has 26 heavy (non-hydrogen) atoms. The van der Waals surface area contributed by atoms with E-state index >= 15 is 0 Å². The largest absolute Gasteiger partial charge is 0.444 e. The van der Waals surface area contributed by atoms with Gasteiger partial charge in [-0.3, -0.25) is 4.68 Å². The smallest absolute Gasteiger partial charge is 0.407 e. The molecule has 2 aromatic rings. The second-order valence-electron chi connectivity index (χ2n) is 6.63. The SMILES string of the molecule is CC(C)(C)OC(=O)NCC(c1ccc(Cl)cc1Cl)n1nc(Br)cc1CO. The number of nitrogens with one attached hydrogen (secondary N) is 1. The Kier molecular flexibility index (Phi) is 6.96. The number of nitrogens with zero attached hydrogens (tertiary/aromatic N) is 2. The van der Waals surface area contributed by atoms with Crippen molar-refractivity contribution >= 4 is 45.2 Å². The van der Waals surface area contributed by atoms with Crippen LogP contribution in [0.2, 0.25) is 10.0 Å². The monoisotopic (exact) mass is 463 g/mol. The zero-order chi connectivity index (χ0) is 19.5. The van der Waals surface area contributed by atoms with Gasteiger partial charge in [0.15, 0.2) is 0 Å². The Morgan fingerprint density at radius 2 is 2.08 bits per heavy atom. The number of ether oxygens (including phenoxy) is 1. The summed E-state index contributed by atoms with van der Waals surface area (Å²) in [4.78, 5) is 12.0. The van der Waals surface area contributed by atoms with Crippen molar-refractivity contribution in [2.45, 2.75) is 39.0 Å². The zero-order valence-electron chi connectivity index (χ0n) is 14.6. The molecule has 142 valence electrons. The number of hydrogen-bond donors (Lipinski definition) is 2. The molecule has 0 aliphatic carbocycles. The molecule has 1 aromatic carbocycles. The first-order valence-electron chi connectivity index (χ1n) is 7.87. The number of benzene rings is 1. The highest BCUT2D eigenvalue weighted by molar-refractivity contribution is 9.10. The first-order valence-corrected chi connectivity index (χ1v) is 9.42. The molecular formula is C17H20BrCl2N3O3. The molecule has 2 rings (SSSR count). The summed E-state index contributed by atoms with van der Waals surface area (Å²) in [6.07, 6.45) is -0.552. The normalized spacial score (nSPS) is 12.7. The number of alkyl carbamates (subject to hydrolysis) is 1. The Hall–Kier alpha value is -1.28. The number of rotatable bonds is 5. The number of aromatic nitrogens is 2. The third-order valence-corrected chi connectivity index (χ3v) is 4.35. The summed E-state index contributed by atoms with van der Waals surface area (Å²) in [5.41, 5.74) is 0.666. The molecule has 0 radical (unpaired) electrons. The third kappa shape index (κ3) is 5.61. The lowest BCUT2D eigenvalue weighted by Gasteiger charge is -2.24. The first kappa shape index (κ1) is 21.0. The van der Waals surface area contributed by atoms with Gasteiger partial charge < -0.3 is 15.2 Å². The number of amides is 1. The molecular weight excluding hydrogens is 445 g/mol. The number of halogens is 3. The van der Waals surface area contributed by atoms with Crippen molar-refractivity contribution in [2.24, 2.45) is 0 Å². The van der Waals surface area contributed by atoms with Gasteiger partial charge in [-0.1, -0.05) is 29.3 Å². The molecule has 0 saturated carbocycles. The molecule has 0 aliphatic heterocycles. The predicted octanol–water partition coefficient (Wildman–Crippen LogP) is 4.56. The van der Waals surface area contributed by atoms with E-state index in [0.29, 0.717) is 25.9 Å². The van der Waals surface area contributed by atoms with E-state index in [4.69, 9.17) is 27.9 Å². The van der Waals surface area contributed by atoms with Crippen LogP contribution in [0.25, 0.3) is 0 Å². The Morgan fingerprint density at radius 1 is 1.38 bits per heavy atom. The highest BCUT2D eigenvalue weighted by Gasteiger charge is 2.23. The van der Waals surface area contributed by atoms with Crippen LogP contribution in [0.5, 0.6) is 0 Å². The maximum Gasteiger partial charge on any atom is 0.407 e. The van der Waals surface area contributed by atoms with Crippen LogP contribution in [0.1, 0.15) is 38.1 Å². The van der Waals surface area contributed by atoms with Crippen molar-refractivity contribution in [2.75, 3.05) is 6.54 Å². The highest BCUT2D eigenvalue weighted by atomic mass is 79.9. The summed E-state index contributed by atoms with van der Waals surface area (Å²) in [5.74, 6) is 0. The van der Waals surface area contributed by atoms with E-state index in [-0.39, 0.29) is 13.2 Å². The van der Waals surface area contributed by atoms with Crippen LogP contribution < -0.4 is 5.32 Å². The molecule has 6 nitrogen and oxygen atoms in total. The van der Waals surface area contributed by atoms with Gasteiger partial charge in [-0.25, -0.2) is 4.79 Å². The second kappa shape index (κ2) is 8.61. The van der Waals surface area contributed by atoms with Crippen molar-refractivity contribution in [3.8, 4) is 0 Å². The van der Waals surface area contributed by atoms with Crippen LogP contribution in [-0.2, 0) is 11.3 Å². The Labute approximate surface area is 170 Å². The Balaban J connectivity index is 2.34. The van der Waals surface area contributed by atoms with Gasteiger partial charge >= 0.3 is 6.09 Å². The molecule has 9 heteroatoms. The van der Waals surface area contributed by atoms with Gasteiger partial charge in [0.1, 0.15) is 10.2 Å². The van der Waals surface area contributed by atoms with Gasteiger partial charge in [0, 0.05) is 16.6 Å². The fraction of sp³-hybridized carbons (Fsp3) is 0.412. The molecule has 1 amide bonds. The zero-order valence-corrected chi connectivity index (χ0v) is 17.7. The molecule has 1 aromatic heterocycles. The summed E-state index contributed by atoms with van der Waals surface area (Å²) in [7, 11) is 0. The van der Waals surface area contributed by atoms with E-state index in [1.165, 1.54) is 0 Å². The van der Waals surface area contributed by atoms with Gasteiger partial charge in [0.25, 0.3) is 0 Å². The van der Waals surface area contributed by atoms with E-state index in [0.717, 1.165) is 0 Å². The van der Waals surface area contributed by atoms with Crippen molar-refractivity contribution < 1.29 is 14.6 Å². The average molecular weight is 465 g/mol. The molecule has 0 bridgehead atoms. The summed E-state index contributed by atoms with van der Waals surface area (Å²) < 4.78 is 7.45. The highest BCUT2D eigenvalue weighted by Crippen LogP contribution is 2.30. The van der Waals surface area contributed by atoms with E-state index in [2.05, 4.69) is 26.3 Å². The topological polar surface area (TPSA) is 76.4 Å². The van der Waals surface area contributed by atoms with E-state index < -0.39 is 17.7 Å². The molecule has 0 fully saturated rings. The minimum atomic E-state index is -0.609. The van der Waals surface area contributed by atoms with E-state index in [9.17, 15) is 9.90 Å². The van der Waals surface area contributed by atoms with Crippen molar-refractivity contribution in [1.82, 2.24) is 15.1 Å². The van der Waals surface area contributed by atoms with Crippen molar-refractivity contribution in [3.05, 3.63) is 50.2 Å². The van der Waals surface area contributed by atoms with Gasteiger partial charge in [-0.2, -0.15) is 5.10 Å². The molecule has 0 aliphatic rings. The van der Waals surface area contributed by atoms with E-state index in [1.54, 1.807) is 49.7 Å². The standard InChI is InChI=1S/C17H20BrCl2N3O3/c1-17(2,3)26-16(25)21-8-14(12-5-4-10(19)6-13(12)20)23-11(9-24)7-15(18)22-23/h4-7,14,24H,8-9H2,1-3H3,(H,21,25). The predicted molar refractivity (Wildman–Crippen MR) is 105 cm³/mol. The Morgan fingerprint density at radius 3 is 2.65 bits per heavy atom. The second-order valence-corrected chi connectivity index (χ2v) is 8.28. The number of hydrogen-bond acceptors (Lipinski definition) is 4. The van der Waals surface area contributed by atoms with Crippen molar-refractivity contribution in [1.29, 1.82) is 0 Å². The molecule has 1 atom stereocenters. The van der Waals surface area contributed by atoms with Crippen LogP contribution >= 0.6 is 39.1 Å². The van der Waals surface area contributed by atoms with Gasteiger partial charge in [-0.15, -0.1) is 0 Å². The summed E-state index contributed by atoms with van der Waals surface area (Å²) in [5, 5.41) is 17.7. The van der Waals surface area contributed by atoms with Crippen LogP contribution in [0.15, 0.2) is 28.9 Å². The maximum atomic E-state index is 12.0.